The van der Waals surface area contributed by atoms with E-state index in [9.17, 15) is 14.4 Å². The number of hydrogen-bond acceptors (Lipinski definition) is 4. The van der Waals surface area contributed by atoms with Gasteiger partial charge in [-0.2, -0.15) is 0 Å². The van der Waals surface area contributed by atoms with Crippen LogP contribution in [0.1, 0.15) is 31.7 Å². The Morgan fingerprint density at radius 3 is 2.52 bits per heavy atom. The van der Waals surface area contributed by atoms with E-state index in [-0.39, 0.29) is 6.54 Å². The molecule has 2 aromatic carbocycles. The highest BCUT2D eigenvalue weighted by Crippen LogP contribution is 2.33. The van der Waals surface area contributed by atoms with E-state index in [0.717, 1.165) is 36.5 Å². The zero-order valence-corrected chi connectivity index (χ0v) is 18.1. The number of carbonyl (C=O) groups is 3. The largest absolute Gasteiger partial charge is 0.370 e. The van der Waals surface area contributed by atoms with Crippen LogP contribution >= 0.6 is 11.6 Å². The highest BCUT2D eigenvalue weighted by molar-refractivity contribution is 6.31. The first-order chi connectivity index (χ1) is 14.9. The average molecular weight is 441 g/mol. The molecule has 0 bridgehead atoms. The van der Waals surface area contributed by atoms with Crippen molar-refractivity contribution in [2.24, 2.45) is 0 Å². The molecule has 2 heterocycles. The first kappa shape index (κ1) is 21.2. The molecule has 2 N–H and O–H groups in total. The van der Waals surface area contributed by atoms with Gasteiger partial charge in [0.15, 0.2) is 0 Å². The molecule has 0 saturated carbocycles. The second-order valence-electron chi connectivity index (χ2n) is 7.85. The number of anilines is 2. The van der Waals surface area contributed by atoms with Crippen molar-refractivity contribution in [2.45, 2.75) is 31.7 Å². The Balaban J connectivity index is 1.52. The Morgan fingerprint density at radius 1 is 1.13 bits per heavy atom. The molecular formula is C23H25ClN4O3. The topological polar surface area (TPSA) is 81.8 Å². The van der Waals surface area contributed by atoms with Crippen LogP contribution in [-0.4, -0.2) is 42.4 Å². The normalized spacial score (nSPS) is 20.8. The number of hydrogen-bond donors (Lipinski definition) is 2. The Kier molecular flexibility index (Phi) is 5.87. The lowest BCUT2D eigenvalue weighted by atomic mass is 9.87. The number of rotatable bonds is 6. The van der Waals surface area contributed by atoms with Gasteiger partial charge in [-0.15, -0.1) is 0 Å². The fourth-order valence-electron chi connectivity index (χ4n) is 4.31. The van der Waals surface area contributed by atoms with Gasteiger partial charge in [-0.3, -0.25) is 14.5 Å². The van der Waals surface area contributed by atoms with E-state index in [1.165, 1.54) is 0 Å². The third kappa shape index (κ3) is 3.97. The van der Waals surface area contributed by atoms with Crippen molar-refractivity contribution >= 4 is 40.8 Å². The van der Waals surface area contributed by atoms with Gasteiger partial charge in [0.25, 0.3) is 5.91 Å². The second kappa shape index (κ2) is 8.59. The Bertz CT molecular complexity index is 1010. The Hall–Kier alpha value is -3.06. The molecule has 1 unspecified atom stereocenters. The minimum Gasteiger partial charge on any atom is -0.370 e. The molecule has 2 aliphatic rings. The summed E-state index contributed by atoms with van der Waals surface area (Å²) in [5, 5.41) is 6.14. The molecule has 0 radical (unpaired) electrons. The first-order valence-electron chi connectivity index (χ1n) is 10.5. The van der Waals surface area contributed by atoms with Crippen molar-refractivity contribution < 1.29 is 14.4 Å². The van der Waals surface area contributed by atoms with Gasteiger partial charge in [-0.1, -0.05) is 48.9 Å². The van der Waals surface area contributed by atoms with Gasteiger partial charge in [-0.25, -0.2) is 4.79 Å². The summed E-state index contributed by atoms with van der Waals surface area (Å²) >= 11 is 6.15. The highest BCUT2D eigenvalue weighted by atomic mass is 35.5. The van der Waals surface area contributed by atoms with Crippen LogP contribution < -0.4 is 15.5 Å². The van der Waals surface area contributed by atoms with Crippen molar-refractivity contribution in [1.82, 2.24) is 10.2 Å². The van der Waals surface area contributed by atoms with Gasteiger partial charge >= 0.3 is 6.03 Å². The summed E-state index contributed by atoms with van der Waals surface area (Å²) in [5.74, 6) is -0.876. The number of nitrogens with zero attached hydrogens (tertiary/aromatic N) is 2. The number of nitrogens with one attached hydrogen (secondary N) is 2. The van der Waals surface area contributed by atoms with Crippen LogP contribution in [0.4, 0.5) is 16.2 Å². The lowest BCUT2D eigenvalue weighted by molar-refractivity contribution is -0.134. The van der Waals surface area contributed by atoms with Gasteiger partial charge in [-0.05, 0) is 43.0 Å². The maximum atomic E-state index is 13.2. The predicted molar refractivity (Wildman–Crippen MR) is 120 cm³/mol. The molecule has 0 spiro atoms. The molecule has 4 amide bonds. The van der Waals surface area contributed by atoms with Crippen molar-refractivity contribution in [3.8, 4) is 0 Å². The maximum absolute atomic E-state index is 13.2. The summed E-state index contributed by atoms with van der Waals surface area (Å²) in [6.07, 6.45) is 2.57. The lowest BCUT2D eigenvalue weighted by Crippen LogP contribution is -2.44. The summed E-state index contributed by atoms with van der Waals surface area (Å²) < 4.78 is 0. The zero-order chi connectivity index (χ0) is 22.0. The molecule has 2 aliphatic heterocycles. The highest BCUT2D eigenvalue weighted by Gasteiger charge is 2.51. The summed E-state index contributed by atoms with van der Waals surface area (Å²) in [7, 11) is 0. The first-order valence-corrected chi connectivity index (χ1v) is 10.9. The van der Waals surface area contributed by atoms with Crippen molar-refractivity contribution in [3.63, 3.8) is 0 Å². The van der Waals surface area contributed by atoms with Gasteiger partial charge in [0.05, 0.1) is 11.4 Å². The number of amides is 4. The predicted octanol–water partition coefficient (Wildman–Crippen LogP) is 3.74. The van der Waals surface area contributed by atoms with E-state index >= 15 is 0 Å². The third-order valence-electron chi connectivity index (χ3n) is 5.95. The van der Waals surface area contributed by atoms with E-state index in [4.69, 9.17) is 11.6 Å². The molecule has 162 valence electrons. The molecule has 4 rings (SSSR count). The van der Waals surface area contributed by atoms with Crippen molar-refractivity contribution in [1.29, 1.82) is 0 Å². The lowest BCUT2D eigenvalue weighted by Gasteiger charge is -2.25. The Morgan fingerprint density at radius 2 is 1.84 bits per heavy atom. The monoisotopic (exact) mass is 440 g/mol. The molecular weight excluding hydrogens is 416 g/mol. The third-order valence-corrected chi connectivity index (χ3v) is 6.19. The zero-order valence-electron chi connectivity index (χ0n) is 17.4. The molecule has 8 heteroatoms. The number of benzene rings is 2. The number of imide groups is 1. The van der Waals surface area contributed by atoms with Gasteiger partial charge in [0.1, 0.15) is 12.1 Å². The fourth-order valence-corrected chi connectivity index (χ4v) is 4.48. The molecule has 7 nitrogen and oxygen atoms in total. The summed E-state index contributed by atoms with van der Waals surface area (Å²) in [6.45, 7) is 3.29. The molecule has 2 fully saturated rings. The minimum absolute atomic E-state index is 0.370. The molecule has 0 aliphatic carbocycles. The van der Waals surface area contributed by atoms with Crippen LogP contribution in [0.15, 0.2) is 48.5 Å². The van der Waals surface area contributed by atoms with E-state index < -0.39 is 23.4 Å². The standard InChI is InChI=1S/C23H25ClN4O3/c1-2-23(16-8-4-3-5-9-16)21(30)28(22(31)26-23)15-20(29)25-18-14-17(24)10-11-19(18)27-12-6-7-13-27/h3-5,8-11,14H,2,6-7,12-13,15H2,1H3,(H,25,29)(H,26,31). The van der Waals surface area contributed by atoms with Gasteiger partial charge < -0.3 is 15.5 Å². The van der Waals surface area contributed by atoms with Crippen molar-refractivity contribution in [2.75, 3.05) is 29.9 Å². The average Bonchev–Trinajstić information content (AvgIpc) is 3.38. The second-order valence-corrected chi connectivity index (χ2v) is 8.29. The minimum atomic E-state index is -1.16. The molecule has 2 saturated heterocycles. The SMILES string of the molecule is CCC1(c2ccccc2)NC(=O)N(CC(=O)Nc2cc(Cl)ccc2N2CCCC2)C1=O. The molecule has 1 atom stereocenters. The fraction of sp³-hybridized carbons (Fsp3) is 0.348. The van der Waals surface area contributed by atoms with Gasteiger partial charge in [0.2, 0.25) is 5.91 Å². The summed E-state index contributed by atoms with van der Waals surface area (Å²) in [6, 6.07) is 13.9. The number of carbonyl (C=O) groups excluding carboxylic acids is 3. The van der Waals surface area contributed by atoms with E-state index in [2.05, 4.69) is 15.5 Å². The van der Waals surface area contributed by atoms with E-state index in [1.54, 1.807) is 24.3 Å². The van der Waals surface area contributed by atoms with Crippen LogP contribution in [0.3, 0.4) is 0 Å². The summed E-state index contributed by atoms with van der Waals surface area (Å²) in [5.41, 5.74) is 1.01. The molecule has 31 heavy (non-hydrogen) atoms. The number of urea groups is 1. The smallest absolute Gasteiger partial charge is 0.325 e. The van der Waals surface area contributed by atoms with E-state index in [0.29, 0.717) is 22.7 Å². The van der Waals surface area contributed by atoms with Gasteiger partial charge in [0, 0.05) is 18.1 Å². The molecule has 0 aromatic heterocycles. The summed E-state index contributed by atoms with van der Waals surface area (Å²) in [4.78, 5) is 41.9. The quantitative estimate of drug-likeness (QED) is 0.670. The maximum Gasteiger partial charge on any atom is 0.325 e. The Labute approximate surface area is 186 Å². The van der Waals surface area contributed by atoms with Crippen LogP contribution in [0.25, 0.3) is 0 Å². The van der Waals surface area contributed by atoms with Crippen LogP contribution in [0.2, 0.25) is 5.02 Å². The van der Waals surface area contributed by atoms with Crippen LogP contribution in [0.5, 0.6) is 0 Å². The van der Waals surface area contributed by atoms with E-state index in [1.807, 2.05) is 31.2 Å². The van der Waals surface area contributed by atoms with Crippen LogP contribution in [0, 0.1) is 0 Å². The molecule has 2 aromatic rings. The van der Waals surface area contributed by atoms with Crippen LogP contribution in [-0.2, 0) is 15.1 Å². The number of halogens is 1. The van der Waals surface area contributed by atoms with Crippen molar-refractivity contribution in [3.05, 3.63) is 59.1 Å².